The lowest BCUT2D eigenvalue weighted by molar-refractivity contribution is 0.101. The molecule has 1 aromatic rings. The van der Waals surface area contributed by atoms with Crippen molar-refractivity contribution in [1.82, 2.24) is 4.98 Å². The molecule has 0 amide bonds. The fraction of sp³-hybridized carbons (Fsp3) is 0.167. The molecule has 0 aromatic carbocycles. The number of carbonyl (C=O) groups is 1. The Hall–Kier alpha value is -0.320. The Balaban J connectivity index is 2.98. The van der Waals surface area contributed by atoms with Gasteiger partial charge in [0.1, 0.15) is 0 Å². The molecule has 1 rings (SSSR count). The summed E-state index contributed by atoms with van der Waals surface area (Å²) in [5.41, 5.74) is 0.680. The van der Waals surface area contributed by atoms with Crippen molar-refractivity contribution in [2.45, 2.75) is 6.92 Å². The number of hydrogen-bond donors (Lipinski definition) is 1. The summed E-state index contributed by atoms with van der Waals surface area (Å²) in [4.78, 5) is 13.5. The molecule has 1 aromatic heterocycles. The van der Waals surface area contributed by atoms with Crippen LogP contribution < -0.4 is 0 Å². The molecule has 0 atom stereocenters. The van der Waals surface area contributed by atoms with Crippen molar-refractivity contribution < 1.29 is 4.79 Å². The molecule has 0 saturated heterocycles. The van der Waals surface area contributed by atoms with Gasteiger partial charge in [0.25, 0.3) is 0 Å². The molecule has 1 heterocycles. The van der Waals surface area contributed by atoms with Crippen LogP contribution in [0.5, 0.6) is 0 Å². The first-order valence-electron chi connectivity index (χ1n) is 2.55. The van der Waals surface area contributed by atoms with Gasteiger partial charge in [-0.2, -0.15) is 0 Å². The van der Waals surface area contributed by atoms with E-state index >= 15 is 0 Å². The Bertz CT molecular complexity index is 229. The predicted molar refractivity (Wildman–Crippen MR) is 43.5 cm³/mol. The van der Waals surface area contributed by atoms with Crippen LogP contribution in [0.1, 0.15) is 17.4 Å². The Morgan fingerprint density at radius 3 is 2.67 bits per heavy atom. The molecule has 0 saturated carbocycles. The lowest BCUT2D eigenvalue weighted by Gasteiger charge is -1.82. The number of H-pyrrole nitrogens is 1. The van der Waals surface area contributed by atoms with Crippen LogP contribution >= 0.6 is 22.6 Å². The standard InChI is InChI=1S/C6H6INO/c1-4(9)6-2-5(7)3-8-6/h2-3,8H,1H3. The summed E-state index contributed by atoms with van der Waals surface area (Å²) >= 11 is 2.15. The molecule has 0 spiro atoms. The van der Waals surface area contributed by atoms with E-state index in [4.69, 9.17) is 0 Å². The highest BCUT2D eigenvalue weighted by Crippen LogP contribution is 2.05. The first kappa shape index (κ1) is 6.80. The first-order valence-corrected chi connectivity index (χ1v) is 3.63. The highest BCUT2D eigenvalue weighted by molar-refractivity contribution is 14.1. The van der Waals surface area contributed by atoms with Crippen LogP contribution in [-0.4, -0.2) is 10.8 Å². The van der Waals surface area contributed by atoms with Gasteiger partial charge < -0.3 is 4.98 Å². The summed E-state index contributed by atoms with van der Waals surface area (Å²) in [5, 5.41) is 0. The van der Waals surface area contributed by atoms with Gasteiger partial charge in [0.15, 0.2) is 5.78 Å². The zero-order chi connectivity index (χ0) is 6.85. The third-order valence-electron chi connectivity index (χ3n) is 1.03. The van der Waals surface area contributed by atoms with Crippen LogP contribution in [0.15, 0.2) is 12.3 Å². The summed E-state index contributed by atoms with van der Waals surface area (Å²) in [6.07, 6.45) is 1.80. The van der Waals surface area contributed by atoms with Gasteiger partial charge in [-0.05, 0) is 28.7 Å². The lowest BCUT2D eigenvalue weighted by atomic mass is 10.3. The molecule has 2 nitrogen and oxygen atoms in total. The van der Waals surface area contributed by atoms with E-state index in [2.05, 4.69) is 27.6 Å². The molecule has 0 bridgehead atoms. The largest absolute Gasteiger partial charge is 0.358 e. The summed E-state index contributed by atoms with van der Waals surface area (Å²) in [6, 6.07) is 1.82. The number of aromatic nitrogens is 1. The van der Waals surface area contributed by atoms with Crippen molar-refractivity contribution >= 4 is 28.4 Å². The van der Waals surface area contributed by atoms with Gasteiger partial charge in [0.2, 0.25) is 0 Å². The monoisotopic (exact) mass is 235 g/mol. The van der Waals surface area contributed by atoms with E-state index in [1.54, 1.807) is 13.1 Å². The number of rotatable bonds is 1. The minimum absolute atomic E-state index is 0.0814. The van der Waals surface area contributed by atoms with Crippen molar-refractivity contribution in [3.63, 3.8) is 0 Å². The molecule has 9 heavy (non-hydrogen) atoms. The Labute approximate surface area is 66.8 Å². The highest BCUT2D eigenvalue weighted by atomic mass is 127. The SMILES string of the molecule is CC(=O)c1cc(I)c[nH]1. The Morgan fingerprint density at radius 2 is 2.44 bits per heavy atom. The molecule has 0 radical (unpaired) electrons. The number of hydrogen-bond acceptors (Lipinski definition) is 1. The summed E-state index contributed by atoms with van der Waals surface area (Å²) in [7, 11) is 0. The average molecular weight is 235 g/mol. The maximum absolute atomic E-state index is 10.6. The normalized spacial score (nSPS) is 9.56. The van der Waals surface area contributed by atoms with Crippen molar-refractivity contribution in [2.24, 2.45) is 0 Å². The second-order valence-corrected chi connectivity index (χ2v) is 3.03. The van der Waals surface area contributed by atoms with Crippen molar-refractivity contribution in [2.75, 3.05) is 0 Å². The number of nitrogens with one attached hydrogen (secondary N) is 1. The first-order chi connectivity index (χ1) is 4.20. The second kappa shape index (κ2) is 2.51. The number of Topliss-reactive ketones (excluding diaryl/α,β-unsaturated/α-hetero) is 1. The van der Waals surface area contributed by atoms with E-state index in [9.17, 15) is 4.79 Å². The maximum atomic E-state index is 10.6. The second-order valence-electron chi connectivity index (χ2n) is 1.79. The Morgan fingerprint density at radius 1 is 1.78 bits per heavy atom. The molecule has 0 aliphatic heterocycles. The van der Waals surface area contributed by atoms with E-state index in [1.165, 1.54) is 0 Å². The molecule has 0 aliphatic carbocycles. The fourth-order valence-corrected chi connectivity index (χ4v) is 1.04. The lowest BCUT2D eigenvalue weighted by Crippen LogP contribution is -1.89. The van der Waals surface area contributed by atoms with Crippen LogP contribution in [0, 0.1) is 3.57 Å². The van der Waals surface area contributed by atoms with Crippen LogP contribution in [-0.2, 0) is 0 Å². The smallest absolute Gasteiger partial charge is 0.175 e. The third kappa shape index (κ3) is 1.54. The number of ketones is 1. The molecule has 0 unspecified atom stereocenters. The minimum atomic E-state index is 0.0814. The van der Waals surface area contributed by atoms with Gasteiger partial charge >= 0.3 is 0 Å². The fourth-order valence-electron chi connectivity index (χ4n) is 0.571. The van der Waals surface area contributed by atoms with E-state index in [0.29, 0.717) is 5.69 Å². The van der Waals surface area contributed by atoms with E-state index < -0.39 is 0 Å². The quantitative estimate of drug-likeness (QED) is 0.584. The zero-order valence-electron chi connectivity index (χ0n) is 4.94. The van der Waals surface area contributed by atoms with E-state index in [1.807, 2.05) is 6.07 Å². The van der Waals surface area contributed by atoms with Crippen LogP contribution in [0.25, 0.3) is 0 Å². The van der Waals surface area contributed by atoms with Gasteiger partial charge in [0.05, 0.1) is 5.69 Å². The van der Waals surface area contributed by atoms with E-state index in [0.717, 1.165) is 3.57 Å². The van der Waals surface area contributed by atoms with Crippen molar-refractivity contribution in [3.05, 3.63) is 21.5 Å². The summed E-state index contributed by atoms with van der Waals surface area (Å²) < 4.78 is 1.07. The van der Waals surface area contributed by atoms with Gasteiger partial charge in [-0.25, -0.2) is 0 Å². The topological polar surface area (TPSA) is 32.9 Å². The maximum Gasteiger partial charge on any atom is 0.175 e. The number of aromatic amines is 1. The zero-order valence-corrected chi connectivity index (χ0v) is 7.10. The van der Waals surface area contributed by atoms with Gasteiger partial charge in [-0.15, -0.1) is 0 Å². The Kier molecular flexibility index (Phi) is 1.90. The molecular weight excluding hydrogens is 229 g/mol. The number of carbonyl (C=O) groups excluding carboxylic acids is 1. The van der Waals surface area contributed by atoms with Crippen LogP contribution in [0.3, 0.4) is 0 Å². The van der Waals surface area contributed by atoms with Crippen LogP contribution in [0.4, 0.5) is 0 Å². The minimum Gasteiger partial charge on any atom is -0.358 e. The molecule has 3 heteroatoms. The van der Waals surface area contributed by atoms with Crippen LogP contribution in [0.2, 0.25) is 0 Å². The molecule has 0 aliphatic rings. The van der Waals surface area contributed by atoms with Gasteiger partial charge in [-0.1, -0.05) is 0 Å². The average Bonchev–Trinajstić information content (AvgIpc) is 2.14. The summed E-state index contributed by atoms with van der Waals surface area (Å²) in [5.74, 6) is 0.0814. The summed E-state index contributed by atoms with van der Waals surface area (Å²) in [6.45, 7) is 1.54. The van der Waals surface area contributed by atoms with Crippen molar-refractivity contribution in [3.8, 4) is 0 Å². The predicted octanol–water partition coefficient (Wildman–Crippen LogP) is 1.82. The molecule has 0 fully saturated rings. The van der Waals surface area contributed by atoms with Gasteiger partial charge in [0, 0.05) is 16.7 Å². The van der Waals surface area contributed by atoms with Crippen molar-refractivity contribution in [1.29, 1.82) is 0 Å². The molecule has 48 valence electrons. The van der Waals surface area contributed by atoms with Gasteiger partial charge in [-0.3, -0.25) is 4.79 Å². The van der Waals surface area contributed by atoms with E-state index in [-0.39, 0.29) is 5.78 Å². The highest BCUT2D eigenvalue weighted by Gasteiger charge is 1.99. The molecular formula is C6H6INO. The number of halogens is 1. The molecule has 1 N–H and O–H groups in total. The third-order valence-corrected chi connectivity index (χ3v) is 1.65.